The Hall–Kier alpha value is -2.33. The van der Waals surface area contributed by atoms with Crippen LogP contribution < -0.4 is 0 Å². The first-order valence-electron chi connectivity index (χ1n) is 6.07. The van der Waals surface area contributed by atoms with Gasteiger partial charge in [0.2, 0.25) is 0 Å². The largest absolute Gasteiger partial charge is 0.358 e. The van der Waals surface area contributed by atoms with Gasteiger partial charge in [0.25, 0.3) is 5.69 Å². The van der Waals surface area contributed by atoms with Crippen molar-refractivity contribution in [2.75, 3.05) is 0 Å². The Morgan fingerprint density at radius 1 is 1.22 bits per heavy atom. The Kier molecular flexibility index (Phi) is 4.76. The van der Waals surface area contributed by atoms with E-state index in [0.29, 0.717) is 5.57 Å². The quantitative estimate of drug-likeness (QED) is 0.435. The van der Waals surface area contributed by atoms with Crippen molar-refractivity contribution in [3.63, 3.8) is 0 Å². The fraction of sp³-hybridized carbons (Fsp3) is 0.0769. The van der Waals surface area contributed by atoms with Gasteiger partial charge in [-0.25, -0.2) is 0 Å². The molecule has 1 aromatic carbocycles. The number of nitrogens with zero attached hydrogens (tertiary/aromatic N) is 2. The summed E-state index contributed by atoms with van der Waals surface area (Å²) in [6, 6.07) is 4.18. The minimum atomic E-state index is -4.22. The van der Waals surface area contributed by atoms with E-state index in [2.05, 4.69) is 25.4 Å². The molecular formula is C13H9BrN2O6S. The van der Waals surface area contributed by atoms with E-state index in [1.165, 1.54) is 12.2 Å². The molecule has 120 valence electrons. The summed E-state index contributed by atoms with van der Waals surface area (Å²) in [6.45, 7) is 1.55. The first-order valence-corrected chi connectivity index (χ1v) is 8.27. The lowest BCUT2D eigenvalue weighted by molar-refractivity contribution is -0.384. The molecule has 0 aromatic heterocycles. The van der Waals surface area contributed by atoms with E-state index in [0.717, 1.165) is 24.3 Å². The van der Waals surface area contributed by atoms with Crippen molar-refractivity contribution in [1.82, 2.24) is 0 Å². The molecule has 1 aliphatic carbocycles. The van der Waals surface area contributed by atoms with Gasteiger partial charge in [0.15, 0.2) is 5.78 Å². The summed E-state index contributed by atoms with van der Waals surface area (Å²) < 4.78 is 28.7. The number of ketones is 1. The Balaban J connectivity index is 2.24. The molecule has 0 N–H and O–H groups in total. The predicted octanol–water partition coefficient (Wildman–Crippen LogP) is 2.46. The lowest BCUT2D eigenvalue weighted by Gasteiger charge is -2.07. The van der Waals surface area contributed by atoms with Gasteiger partial charge in [-0.2, -0.15) is 8.42 Å². The van der Waals surface area contributed by atoms with Gasteiger partial charge in [0.05, 0.1) is 9.41 Å². The number of benzene rings is 1. The van der Waals surface area contributed by atoms with Gasteiger partial charge in [-0.3, -0.25) is 19.2 Å². The highest BCUT2D eigenvalue weighted by Gasteiger charge is 2.19. The maximum absolute atomic E-state index is 12.0. The highest BCUT2D eigenvalue weighted by molar-refractivity contribution is 9.12. The van der Waals surface area contributed by atoms with Gasteiger partial charge in [0, 0.05) is 12.1 Å². The molecule has 8 nitrogen and oxygen atoms in total. The third-order valence-electron chi connectivity index (χ3n) is 2.79. The Bertz CT molecular complexity index is 844. The van der Waals surface area contributed by atoms with Crippen LogP contribution in [0.1, 0.15) is 6.92 Å². The second-order valence-electron chi connectivity index (χ2n) is 4.44. The molecular weight excluding hydrogens is 392 g/mol. The zero-order valence-corrected chi connectivity index (χ0v) is 14.0. The predicted molar refractivity (Wildman–Crippen MR) is 84.6 cm³/mol. The molecule has 10 heteroatoms. The minimum absolute atomic E-state index is 0.138. The molecule has 0 amide bonds. The second-order valence-corrected chi connectivity index (χ2v) is 6.83. The van der Waals surface area contributed by atoms with E-state index < -0.39 is 15.0 Å². The van der Waals surface area contributed by atoms with Crippen molar-refractivity contribution in [3.8, 4) is 0 Å². The molecule has 1 aliphatic rings. The lowest BCUT2D eigenvalue weighted by atomic mass is 10.1. The van der Waals surface area contributed by atoms with E-state index in [1.807, 2.05) is 0 Å². The van der Waals surface area contributed by atoms with Crippen molar-refractivity contribution in [1.29, 1.82) is 0 Å². The number of rotatable bonds is 4. The number of nitro benzene ring substituents is 1. The zero-order valence-electron chi connectivity index (χ0n) is 11.6. The zero-order chi connectivity index (χ0) is 17.2. The molecule has 0 bridgehead atoms. The number of allylic oxidation sites excluding steroid dienone is 4. The highest BCUT2D eigenvalue weighted by Crippen LogP contribution is 2.20. The minimum Gasteiger partial charge on any atom is -0.288 e. The van der Waals surface area contributed by atoms with Gasteiger partial charge < -0.3 is 0 Å². The molecule has 0 unspecified atom stereocenters. The number of nitro groups is 1. The summed E-state index contributed by atoms with van der Waals surface area (Å²) in [4.78, 5) is 21.1. The maximum atomic E-state index is 12.0. The van der Waals surface area contributed by atoms with Gasteiger partial charge in [-0.15, -0.1) is 0 Å². The molecule has 0 atom stereocenters. The third-order valence-corrected chi connectivity index (χ3v) is 4.50. The average molecular weight is 401 g/mol. The number of hydrogen-bond donors (Lipinski definition) is 0. The molecule has 2 rings (SSSR count). The molecule has 0 fully saturated rings. The van der Waals surface area contributed by atoms with Crippen LogP contribution in [0, 0.1) is 10.1 Å². The number of non-ortho nitro benzene ring substituents is 1. The van der Waals surface area contributed by atoms with Gasteiger partial charge in [-0.05, 0) is 52.7 Å². The lowest BCUT2D eigenvalue weighted by Crippen LogP contribution is -2.10. The normalized spacial score (nSPS) is 16.8. The summed E-state index contributed by atoms with van der Waals surface area (Å²) in [5, 5.41) is 14.0. The van der Waals surface area contributed by atoms with Gasteiger partial charge in [-0.1, -0.05) is 5.16 Å². The molecule has 0 saturated heterocycles. The summed E-state index contributed by atoms with van der Waals surface area (Å²) >= 11 is 3.04. The Morgan fingerprint density at radius 3 is 2.35 bits per heavy atom. The molecule has 0 heterocycles. The Morgan fingerprint density at radius 2 is 1.83 bits per heavy atom. The van der Waals surface area contributed by atoms with Crippen LogP contribution in [0.2, 0.25) is 0 Å². The van der Waals surface area contributed by atoms with Crippen LogP contribution >= 0.6 is 15.9 Å². The Labute approximate surface area is 139 Å². The van der Waals surface area contributed by atoms with Gasteiger partial charge >= 0.3 is 10.1 Å². The molecule has 0 spiro atoms. The third kappa shape index (κ3) is 3.90. The van der Waals surface area contributed by atoms with Crippen LogP contribution in [-0.2, 0) is 19.2 Å². The topological polar surface area (TPSA) is 116 Å². The van der Waals surface area contributed by atoms with Crippen LogP contribution in [0.15, 0.2) is 56.5 Å². The molecule has 0 aliphatic heterocycles. The highest BCUT2D eigenvalue weighted by atomic mass is 79.9. The summed E-state index contributed by atoms with van der Waals surface area (Å²) in [5.41, 5.74) is 0.264. The molecule has 0 radical (unpaired) electrons. The van der Waals surface area contributed by atoms with Crippen LogP contribution in [0.25, 0.3) is 0 Å². The van der Waals surface area contributed by atoms with Crippen LogP contribution in [0.5, 0.6) is 0 Å². The monoisotopic (exact) mass is 400 g/mol. The van der Waals surface area contributed by atoms with Crippen molar-refractivity contribution in [2.24, 2.45) is 5.16 Å². The van der Waals surface area contributed by atoms with Crippen molar-refractivity contribution in [3.05, 3.63) is 56.6 Å². The first-order chi connectivity index (χ1) is 10.7. The van der Waals surface area contributed by atoms with E-state index >= 15 is 0 Å². The maximum Gasteiger partial charge on any atom is 0.358 e. The standard InChI is InChI=1S/C13H9BrN2O6S/c1-8-6-9(7-12(14)13(8)17)15-22-23(20,21)11-4-2-10(3-5-11)16(18)19/h2-7H,1H3/b15-9-. The molecule has 0 saturated carbocycles. The van der Waals surface area contributed by atoms with Gasteiger partial charge in [0.1, 0.15) is 10.6 Å². The number of carbonyl (C=O) groups is 1. The van der Waals surface area contributed by atoms with Crippen molar-refractivity contribution >= 4 is 43.2 Å². The van der Waals surface area contributed by atoms with Crippen LogP contribution in [-0.4, -0.2) is 24.8 Å². The van der Waals surface area contributed by atoms with E-state index in [4.69, 9.17) is 0 Å². The van der Waals surface area contributed by atoms with E-state index in [-0.39, 0.29) is 26.6 Å². The number of carbonyl (C=O) groups excluding carboxylic acids is 1. The fourth-order valence-corrected chi connectivity index (χ4v) is 2.92. The number of halogens is 1. The number of oxime groups is 1. The molecule has 1 aromatic rings. The summed E-state index contributed by atoms with van der Waals surface area (Å²) in [6.07, 6.45) is 2.69. The second kappa shape index (κ2) is 6.42. The van der Waals surface area contributed by atoms with Crippen LogP contribution in [0.4, 0.5) is 5.69 Å². The van der Waals surface area contributed by atoms with Crippen molar-refractivity contribution < 1.29 is 22.4 Å². The smallest absolute Gasteiger partial charge is 0.288 e. The fourth-order valence-electron chi connectivity index (χ4n) is 1.64. The molecule has 23 heavy (non-hydrogen) atoms. The van der Waals surface area contributed by atoms with E-state index in [1.54, 1.807) is 6.92 Å². The first kappa shape index (κ1) is 17.0. The SMILES string of the molecule is CC1=C/C(=N/OS(=O)(=O)c2ccc([N+](=O)[O-])cc2)C=C(Br)C1=O. The summed E-state index contributed by atoms with van der Waals surface area (Å²) in [5.74, 6) is -0.234. The van der Waals surface area contributed by atoms with E-state index in [9.17, 15) is 23.3 Å². The van der Waals surface area contributed by atoms with Crippen molar-refractivity contribution in [2.45, 2.75) is 11.8 Å². The number of hydrogen-bond acceptors (Lipinski definition) is 7. The summed E-state index contributed by atoms with van der Waals surface area (Å²) in [7, 11) is -4.22. The average Bonchev–Trinajstić information content (AvgIpc) is 2.50. The number of Topliss-reactive ketones (excluding diaryl/α,β-unsaturated/α-hetero) is 1. The van der Waals surface area contributed by atoms with Crippen LogP contribution in [0.3, 0.4) is 0 Å².